The maximum absolute atomic E-state index is 2.40. The van der Waals surface area contributed by atoms with Gasteiger partial charge in [-0.25, -0.2) is 0 Å². The highest BCUT2D eigenvalue weighted by Crippen LogP contribution is 2.48. The third kappa shape index (κ3) is 3.23. The summed E-state index contributed by atoms with van der Waals surface area (Å²) in [5.41, 5.74) is 7.80. The van der Waals surface area contributed by atoms with Gasteiger partial charge in [0.05, 0.1) is 0 Å². The molecule has 0 bridgehead atoms. The van der Waals surface area contributed by atoms with Crippen molar-refractivity contribution in [3.63, 3.8) is 0 Å². The number of rotatable bonds is 2. The molecule has 0 heteroatoms. The van der Waals surface area contributed by atoms with Crippen molar-refractivity contribution in [1.29, 1.82) is 0 Å². The molecule has 202 valence electrons. The monoisotopic (exact) mass is 554 g/mol. The molecule has 1 aliphatic rings. The summed E-state index contributed by atoms with van der Waals surface area (Å²) in [5.74, 6) is 0. The largest absolute Gasteiger partial charge is 0.0616 e. The van der Waals surface area contributed by atoms with Crippen LogP contribution >= 0.6 is 0 Å². The minimum atomic E-state index is 1.27. The third-order valence-corrected chi connectivity index (χ3v) is 9.76. The van der Waals surface area contributed by atoms with E-state index in [-0.39, 0.29) is 0 Å². The maximum atomic E-state index is 2.40. The zero-order valence-electron chi connectivity index (χ0n) is 24.0. The van der Waals surface area contributed by atoms with Crippen LogP contribution in [0, 0.1) is 0 Å². The fourth-order valence-corrected chi connectivity index (χ4v) is 7.85. The highest BCUT2D eigenvalue weighted by molar-refractivity contribution is 6.26. The second-order valence-corrected chi connectivity index (χ2v) is 12.0. The smallest absolute Gasteiger partial charge is 0.00201 e. The molecule has 0 saturated carbocycles. The summed E-state index contributed by atoms with van der Waals surface area (Å²) in [6.07, 6.45) is 4.49. The molecule has 0 aliphatic heterocycles. The van der Waals surface area contributed by atoms with Gasteiger partial charge in [0.1, 0.15) is 0 Å². The van der Waals surface area contributed by atoms with Crippen molar-refractivity contribution in [2.75, 3.05) is 0 Å². The summed E-state index contributed by atoms with van der Waals surface area (Å²) in [7, 11) is 0. The molecule has 0 aromatic heterocycles. The van der Waals surface area contributed by atoms with Crippen molar-refractivity contribution in [3.8, 4) is 22.3 Å². The van der Waals surface area contributed by atoms with E-state index in [1.165, 1.54) is 98.0 Å². The summed E-state index contributed by atoms with van der Waals surface area (Å²) in [6, 6.07) is 54.2. The topological polar surface area (TPSA) is 0 Å². The lowest BCUT2D eigenvalue weighted by molar-refractivity contribution is 1.68. The average Bonchev–Trinajstić information content (AvgIpc) is 3.51. The minimum absolute atomic E-state index is 1.27. The lowest BCUT2D eigenvalue weighted by Crippen LogP contribution is -1.93. The molecule has 0 heterocycles. The lowest BCUT2D eigenvalue weighted by atomic mass is 9.83. The molecule has 0 fully saturated rings. The van der Waals surface area contributed by atoms with Gasteiger partial charge >= 0.3 is 0 Å². The SMILES string of the molecule is C1=Cc2ccc(-c3c4ccccc4c(-c4cccc5cc6c(ccc7ccccc76)cc45)c4ccccc34)c3cccc1c23. The summed E-state index contributed by atoms with van der Waals surface area (Å²) < 4.78 is 0. The number of fused-ring (bicyclic) bond motifs is 6. The second kappa shape index (κ2) is 8.89. The Balaban J connectivity index is 1.33. The first-order chi connectivity index (χ1) is 21.8. The Kier molecular flexibility index (Phi) is 4.81. The molecule has 0 unspecified atom stereocenters. The van der Waals surface area contributed by atoms with Crippen LogP contribution in [0.5, 0.6) is 0 Å². The third-order valence-electron chi connectivity index (χ3n) is 9.76. The van der Waals surface area contributed by atoms with Crippen LogP contribution in [-0.4, -0.2) is 0 Å². The molecular weight excluding hydrogens is 528 g/mol. The van der Waals surface area contributed by atoms with Crippen LogP contribution in [-0.2, 0) is 0 Å². The van der Waals surface area contributed by atoms with E-state index in [0.717, 1.165) is 0 Å². The fraction of sp³-hybridized carbons (Fsp3) is 0. The van der Waals surface area contributed by atoms with Crippen LogP contribution < -0.4 is 0 Å². The molecule has 0 N–H and O–H groups in total. The lowest BCUT2D eigenvalue weighted by Gasteiger charge is -2.20. The van der Waals surface area contributed by atoms with Gasteiger partial charge in [0, 0.05) is 0 Å². The Morgan fingerprint density at radius 1 is 0.273 bits per heavy atom. The predicted octanol–water partition coefficient (Wildman–Crippen LogP) is 12.4. The van der Waals surface area contributed by atoms with Gasteiger partial charge in [0.15, 0.2) is 0 Å². The van der Waals surface area contributed by atoms with E-state index < -0.39 is 0 Å². The Hall–Kier alpha value is -5.72. The van der Waals surface area contributed by atoms with Crippen molar-refractivity contribution < 1.29 is 0 Å². The van der Waals surface area contributed by atoms with Gasteiger partial charge in [-0.15, -0.1) is 0 Å². The zero-order valence-corrected chi connectivity index (χ0v) is 24.0. The summed E-state index contributed by atoms with van der Waals surface area (Å²) in [6.45, 7) is 0. The Morgan fingerprint density at radius 2 is 0.773 bits per heavy atom. The molecule has 0 atom stereocenters. The van der Waals surface area contributed by atoms with Crippen molar-refractivity contribution in [3.05, 3.63) is 157 Å². The Labute approximate surface area is 255 Å². The molecule has 9 aromatic rings. The predicted molar refractivity (Wildman–Crippen MR) is 191 cm³/mol. The van der Waals surface area contributed by atoms with E-state index in [9.17, 15) is 0 Å². The molecule has 44 heavy (non-hydrogen) atoms. The van der Waals surface area contributed by atoms with Gasteiger partial charge in [-0.3, -0.25) is 0 Å². The Morgan fingerprint density at radius 3 is 1.50 bits per heavy atom. The molecule has 1 aliphatic carbocycles. The quantitative estimate of drug-likeness (QED) is 0.147. The van der Waals surface area contributed by atoms with E-state index in [1.54, 1.807) is 0 Å². The van der Waals surface area contributed by atoms with Gasteiger partial charge in [0.25, 0.3) is 0 Å². The van der Waals surface area contributed by atoms with Gasteiger partial charge in [0.2, 0.25) is 0 Å². The molecule has 0 nitrogen and oxygen atoms in total. The van der Waals surface area contributed by atoms with Crippen LogP contribution in [0.2, 0.25) is 0 Å². The highest BCUT2D eigenvalue weighted by Gasteiger charge is 2.20. The van der Waals surface area contributed by atoms with Gasteiger partial charge in [-0.1, -0.05) is 146 Å². The van der Waals surface area contributed by atoms with Crippen molar-refractivity contribution in [1.82, 2.24) is 0 Å². The van der Waals surface area contributed by atoms with Crippen LogP contribution in [0.15, 0.2) is 146 Å². The minimum Gasteiger partial charge on any atom is -0.0616 e. The van der Waals surface area contributed by atoms with E-state index in [1.807, 2.05) is 0 Å². The number of benzene rings is 9. The molecule has 0 spiro atoms. The number of hydrogen-bond acceptors (Lipinski definition) is 0. The van der Waals surface area contributed by atoms with E-state index >= 15 is 0 Å². The molecule has 10 rings (SSSR count). The maximum Gasteiger partial charge on any atom is -0.00201 e. The first-order valence-corrected chi connectivity index (χ1v) is 15.4. The molecule has 0 amide bonds. The first-order valence-electron chi connectivity index (χ1n) is 15.4. The van der Waals surface area contributed by atoms with Crippen LogP contribution in [0.1, 0.15) is 11.1 Å². The Bertz CT molecular complexity index is 2640. The van der Waals surface area contributed by atoms with E-state index in [4.69, 9.17) is 0 Å². The highest BCUT2D eigenvalue weighted by atomic mass is 14.2. The van der Waals surface area contributed by atoms with E-state index in [2.05, 4.69) is 158 Å². The molecule has 0 radical (unpaired) electrons. The standard InChI is InChI=1S/C44H26/c1-2-12-32-27(9-1)19-22-31-26-41-30(25-40(31)32)11-8-18-38(41)43-34-13-3-5-15-36(34)44(37-16-6-4-14-35(37)43)39-24-23-29-21-20-28-10-7-17-33(39)42(28)29/h1-26H. The van der Waals surface area contributed by atoms with Crippen LogP contribution in [0.3, 0.4) is 0 Å². The average molecular weight is 555 g/mol. The van der Waals surface area contributed by atoms with Gasteiger partial charge in [-0.05, 0) is 110 Å². The second-order valence-electron chi connectivity index (χ2n) is 12.0. The van der Waals surface area contributed by atoms with Crippen LogP contribution in [0.25, 0.3) is 99.0 Å². The van der Waals surface area contributed by atoms with Gasteiger partial charge in [-0.2, -0.15) is 0 Å². The summed E-state index contributed by atoms with van der Waals surface area (Å²) >= 11 is 0. The molecular formula is C44H26. The van der Waals surface area contributed by atoms with Crippen LogP contribution in [0.4, 0.5) is 0 Å². The molecule has 0 saturated heterocycles. The number of hydrogen-bond donors (Lipinski definition) is 0. The fourth-order valence-electron chi connectivity index (χ4n) is 7.85. The van der Waals surface area contributed by atoms with Crippen molar-refractivity contribution in [2.45, 2.75) is 0 Å². The van der Waals surface area contributed by atoms with E-state index in [0.29, 0.717) is 0 Å². The first kappa shape index (κ1) is 23.8. The molecule has 9 aromatic carbocycles. The summed E-state index contributed by atoms with van der Waals surface area (Å²) in [4.78, 5) is 0. The summed E-state index contributed by atoms with van der Waals surface area (Å²) in [5, 5.41) is 15.5. The normalized spacial score (nSPS) is 12.5. The van der Waals surface area contributed by atoms with Gasteiger partial charge < -0.3 is 0 Å². The van der Waals surface area contributed by atoms with Crippen molar-refractivity contribution >= 4 is 76.8 Å². The zero-order chi connectivity index (χ0) is 28.8. The van der Waals surface area contributed by atoms with Crippen molar-refractivity contribution in [2.24, 2.45) is 0 Å².